The molecule has 1 heterocycles. The van der Waals surface area contributed by atoms with Crippen molar-refractivity contribution in [2.45, 2.75) is 32.0 Å². The number of methoxy groups -OCH3 is 1. The fourth-order valence-corrected chi connectivity index (χ4v) is 3.07. The maximum absolute atomic E-state index is 9.93. The fourth-order valence-electron chi connectivity index (χ4n) is 3.07. The topological polar surface area (TPSA) is 35.9 Å². The van der Waals surface area contributed by atoms with Gasteiger partial charge in [-0.1, -0.05) is 30.3 Å². The molecule has 0 unspecified atom stereocenters. The van der Waals surface area contributed by atoms with Gasteiger partial charge < -0.3 is 9.84 Å². The molecule has 0 saturated carbocycles. The maximum atomic E-state index is 9.93. The molecule has 2 rings (SSSR count). The third-order valence-corrected chi connectivity index (χ3v) is 4.12. The lowest BCUT2D eigenvalue weighted by molar-refractivity contribution is 0.0287. The zero-order chi connectivity index (χ0) is 15.1. The molecule has 0 spiro atoms. The molecule has 1 aromatic carbocycles. The summed E-state index contributed by atoms with van der Waals surface area (Å²) in [5.74, 6) is 0. The SMILES string of the molecule is COC[C@H](O)CN1CCCN(Cc2ccccc2)C[C@@H]1C. The van der Waals surface area contributed by atoms with Gasteiger partial charge in [0.05, 0.1) is 12.7 Å². The lowest BCUT2D eigenvalue weighted by atomic mass is 10.2. The first-order valence-corrected chi connectivity index (χ1v) is 7.86. The van der Waals surface area contributed by atoms with Gasteiger partial charge in [-0.15, -0.1) is 0 Å². The third-order valence-electron chi connectivity index (χ3n) is 4.12. The van der Waals surface area contributed by atoms with E-state index in [4.69, 9.17) is 4.74 Å². The van der Waals surface area contributed by atoms with E-state index < -0.39 is 6.10 Å². The van der Waals surface area contributed by atoms with Crippen LogP contribution in [0, 0.1) is 0 Å². The van der Waals surface area contributed by atoms with Crippen molar-refractivity contribution in [1.82, 2.24) is 9.80 Å². The molecule has 21 heavy (non-hydrogen) atoms. The maximum Gasteiger partial charge on any atom is 0.0900 e. The zero-order valence-electron chi connectivity index (χ0n) is 13.2. The summed E-state index contributed by atoms with van der Waals surface area (Å²) in [6, 6.07) is 11.1. The van der Waals surface area contributed by atoms with E-state index in [-0.39, 0.29) is 0 Å². The predicted octanol–water partition coefficient (Wildman–Crippen LogP) is 1.59. The molecule has 0 radical (unpaired) electrons. The predicted molar refractivity (Wildman–Crippen MR) is 85.3 cm³/mol. The van der Waals surface area contributed by atoms with Crippen molar-refractivity contribution in [2.75, 3.05) is 39.9 Å². The number of aliphatic hydroxyl groups is 1. The number of aliphatic hydroxyl groups excluding tert-OH is 1. The molecule has 1 N–H and O–H groups in total. The molecular formula is C17H28N2O2. The molecule has 118 valence electrons. The van der Waals surface area contributed by atoms with Crippen LogP contribution in [-0.4, -0.2) is 66.9 Å². The normalized spacial score (nSPS) is 22.9. The van der Waals surface area contributed by atoms with E-state index in [1.165, 1.54) is 5.56 Å². The van der Waals surface area contributed by atoms with Crippen molar-refractivity contribution in [2.24, 2.45) is 0 Å². The Morgan fingerprint density at radius 1 is 1.29 bits per heavy atom. The van der Waals surface area contributed by atoms with Gasteiger partial charge in [0.1, 0.15) is 0 Å². The van der Waals surface area contributed by atoms with E-state index in [9.17, 15) is 5.11 Å². The van der Waals surface area contributed by atoms with Crippen molar-refractivity contribution >= 4 is 0 Å². The van der Waals surface area contributed by atoms with E-state index in [1.54, 1.807) is 7.11 Å². The van der Waals surface area contributed by atoms with Gasteiger partial charge in [0.15, 0.2) is 0 Å². The van der Waals surface area contributed by atoms with E-state index in [0.29, 0.717) is 19.2 Å². The molecule has 4 heteroatoms. The highest BCUT2D eigenvalue weighted by Crippen LogP contribution is 2.13. The Morgan fingerprint density at radius 3 is 2.76 bits per heavy atom. The Balaban J connectivity index is 1.86. The van der Waals surface area contributed by atoms with Crippen LogP contribution < -0.4 is 0 Å². The van der Waals surface area contributed by atoms with Crippen molar-refractivity contribution in [3.8, 4) is 0 Å². The van der Waals surface area contributed by atoms with Crippen molar-refractivity contribution in [3.63, 3.8) is 0 Å². The van der Waals surface area contributed by atoms with Gasteiger partial charge in [0.2, 0.25) is 0 Å². The summed E-state index contributed by atoms with van der Waals surface area (Å²) in [4.78, 5) is 4.90. The summed E-state index contributed by atoms with van der Waals surface area (Å²) in [5.41, 5.74) is 1.37. The van der Waals surface area contributed by atoms with Gasteiger partial charge in [-0.3, -0.25) is 9.80 Å². The molecule has 1 saturated heterocycles. The van der Waals surface area contributed by atoms with E-state index >= 15 is 0 Å². The standard InChI is InChI=1S/C17H28N2O2/c1-15-11-18(12-16-7-4-3-5-8-16)9-6-10-19(15)13-17(20)14-21-2/h3-5,7-8,15,17,20H,6,9-14H2,1-2H3/t15-,17+/m0/s1. The monoisotopic (exact) mass is 292 g/mol. The molecule has 0 aromatic heterocycles. The van der Waals surface area contributed by atoms with Crippen LogP contribution in [0.3, 0.4) is 0 Å². The molecular weight excluding hydrogens is 264 g/mol. The van der Waals surface area contributed by atoms with Gasteiger partial charge in [0, 0.05) is 32.8 Å². The summed E-state index contributed by atoms with van der Waals surface area (Å²) in [7, 11) is 1.64. The fraction of sp³-hybridized carbons (Fsp3) is 0.647. The highest BCUT2D eigenvalue weighted by atomic mass is 16.5. The largest absolute Gasteiger partial charge is 0.389 e. The van der Waals surface area contributed by atoms with E-state index in [2.05, 4.69) is 47.1 Å². The number of β-amino-alcohol motifs (C(OH)–C–C–N with tert-alkyl or cyclic N) is 1. The molecule has 0 bridgehead atoms. The number of hydrogen-bond acceptors (Lipinski definition) is 4. The summed E-state index contributed by atoms with van der Waals surface area (Å²) in [6.07, 6.45) is 0.759. The van der Waals surface area contributed by atoms with Crippen LogP contribution in [0.2, 0.25) is 0 Å². The zero-order valence-corrected chi connectivity index (χ0v) is 13.2. The van der Waals surface area contributed by atoms with Crippen LogP contribution in [0.5, 0.6) is 0 Å². The van der Waals surface area contributed by atoms with E-state index in [1.807, 2.05) is 0 Å². The van der Waals surface area contributed by atoms with Gasteiger partial charge in [-0.05, 0) is 32.0 Å². The Kier molecular flexibility index (Phi) is 6.64. The number of rotatable bonds is 6. The van der Waals surface area contributed by atoms with Crippen LogP contribution in [0.25, 0.3) is 0 Å². The van der Waals surface area contributed by atoms with Crippen LogP contribution in [-0.2, 0) is 11.3 Å². The second-order valence-corrected chi connectivity index (χ2v) is 6.03. The average Bonchev–Trinajstić information content (AvgIpc) is 2.62. The van der Waals surface area contributed by atoms with Crippen molar-refractivity contribution in [1.29, 1.82) is 0 Å². The van der Waals surface area contributed by atoms with Gasteiger partial charge in [0.25, 0.3) is 0 Å². The first-order valence-electron chi connectivity index (χ1n) is 7.86. The minimum Gasteiger partial charge on any atom is -0.389 e. The first-order chi connectivity index (χ1) is 10.2. The number of ether oxygens (including phenoxy) is 1. The Bertz CT molecular complexity index is 399. The highest BCUT2D eigenvalue weighted by Gasteiger charge is 2.23. The third kappa shape index (κ3) is 5.40. The first kappa shape index (κ1) is 16.4. The smallest absolute Gasteiger partial charge is 0.0900 e. The second kappa shape index (κ2) is 8.49. The number of nitrogens with zero attached hydrogens (tertiary/aromatic N) is 2. The molecule has 1 aliphatic rings. The molecule has 4 nitrogen and oxygen atoms in total. The summed E-state index contributed by atoms with van der Waals surface area (Å²) in [5, 5.41) is 9.93. The number of benzene rings is 1. The summed E-state index contributed by atoms with van der Waals surface area (Å²) >= 11 is 0. The Hall–Kier alpha value is -0.940. The van der Waals surface area contributed by atoms with Crippen molar-refractivity contribution < 1.29 is 9.84 Å². The van der Waals surface area contributed by atoms with Crippen LogP contribution in [0.1, 0.15) is 18.9 Å². The lowest BCUT2D eigenvalue weighted by Gasteiger charge is -2.30. The quantitative estimate of drug-likeness (QED) is 0.864. The second-order valence-electron chi connectivity index (χ2n) is 6.03. The Morgan fingerprint density at radius 2 is 2.05 bits per heavy atom. The Labute approximate surface area is 128 Å². The molecule has 1 aromatic rings. The average molecular weight is 292 g/mol. The minimum absolute atomic E-state index is 0.391. The molecule has 1 aliphatic heterocycles. The number of hydrogen-bond donors (Lipinski definition) is 1. The summed E-state index contributed by atoms with van der Waals surface area (Å²) in [6.45, 7) is 7.60. The van der Waals surface area contributed by atoms with Crippen LogP contribution in [0.4, 0.5) is 0 Å². The van der Waals surface area contributed by atoms with Crippen molar-refractivity contribution in [3.05, 3.63) is 35.9 Å². The molecule has 0 amide bonds. The minimum atomic E-state index is -0.391. The van der Waals surface area contributed by atoms with Gasteiger partial charge in [-0.2, -0.15) is 0 Å². The van der Waals surface area contributed by atoms with Crippen LogP contribution in [0.15, 0.2) is 30.3 Å². The lowest BCUT2D eigenvalue weighted by Crippen LogP contribution is -2.43. The molecule has 0 aliphatic carbocycles. The summed E-state index contributed by atoms with van der Waals surface area (Å²) < 4.78 is 5.02. The highest BCUT2D eigenvalue weighted by molar-refractivity contribution is 5.14. The van der Waals surface area contributed by atoms with Crippen LogP contribution >= 0.6 is 0 Å². The van der Waals surface area contributed by atoms with Gasteiger partial charge >= 0.3 is 0 Å². The molecule has 2 atom stereocenters. The van der Waals surface area contributed by atoms with E-state index in [0.717, 1.165) is 32.6 Å². The van der Waals surface area contributed by atoms with Gasteiger partial charge in [-0.25, -0.2) is 0 Å². The molecule has 1 fully saturated rings.